The number of fused-ring (bicyclic) bond motifs is 3. The molecule has 1 aliphatic rings. The van der Waals surface area contributed by atoms with E-state index in [-0.39, 0.29) is 6.61 Å². The van der Waals surface area contributed by atoms with Crippen molar-refractivity contribution >= 4 is 28.9 Å². The fraction of sp³-hybridized carbons (Fsp3) is 0.167. The van der Waals surface area contributed by atoms with Gasteiger partial charge in [0.15, 0.2) is 5.82 Å². The van der Waals surface area contributed by atoms with E-state index in [0.29, 0.717) is 27.4 Å². The molecule has 0 aliphatic carbocycles. The molecule has 1 N–H and O–H groups in total. The van der Waals surface area contributed by atoms with Crippen LogP contribution in [0.15, 0.2) is 47.5 Å². The maximum Gasteiger partial charge on any atom is 0.164 e. The van der Waals surface area contributed by atoms with E-state index >= 15 is 0 Å². The van der Waals surface area contributed by atoms with Gasteiger partial charge in [-0.2, -0.15) is 0 Å². The van der Waals surface area contributed by atoms with Gasteiger partial charge < -0.3 is 5.11 Å². The van der Waals surface area contributed by atoms with E-state index in [1.165, 1.54) is 0 Å². The number of aliphatic hydroxyl groups excluding tert-OH is 1. The minimum absolute atomic E-state index is 0.187. The predicted molar refractivity (Wildman–Crippen MR) is 98.0 cm³/mol. The Hall–Kier alpha value is -2.21. The molecule has 7 heteroatoms. The van der Waals surface area contributed by atoms with Crippen LogP contribution >= 0.6 is 23.2 Å². The van der Waals surface area contributed by atoms with Crippen molar-refractivity contribution < 1.29 is 5.11 Å². The van der Waals surface area contributed by atoms with Gasteiger partial charge in [-0.3, -0.25) is 9.56 Å². The fourth-order valence-corrected chi connectivity index (χ4v) is 3.46. The second-order valence-electron chi connectivity index (χ2n) is 5.76. The minimum Gasteiger partial charge on any atom is -0.394 e. The molecule has 2 heterocycles. The molecule has 3 aromatic rings. The number of aliphatic hydroxyl groups is 1. The summed E-state index contributed by atoms with van der Waals surface area (Å²) in [5.74, 6) is 1.30. The average molecular weight is 373 g/mol. The predicted octanol–water partition coefficient (Wildman–Crippen LogP) is 3.77. The smallest absolute Gasteiger partial charge is 0.164 e. The van der Waals surface area contributed by atoms with Crippen molar-refractivity contribution in [3.8, 4) is 5.69 Å². The van der Waals surface area contributed by atoms with Crippen molar-refractivity contribution in [2.24, 2.45) is 4.99 Å². The van der Waals surface area contributed by atoms with E-state index in [0.717, 1.165) is 16.8 Å². The van der Waals surface area contributed by atoms with Gasteiger partial charge in [0.2, 0.25) is 0 Å². The topological polar surface area (TPSA) is 63.3 Å². The summed E-state index contributed by atoms with van der Waals surface area (Å²) in [7, 11) is 0. The number of aromatic nitrogens is 3. The number of nitrogens with zero attached hydrogens (tertiary/aromatic N) is 4. The summed E-state index contributed by atoms with van der Waals surface area (Å²) >= 11 is 12.7. The third kappa shape index (κ3) is 2.65. The van der Waals surface area contributed by atoms with Crippen LogP contribution < -0.4 is 0 Å². The Morgan fingerprint density at radius 2 is 1.88 bits per heavy atom. The molecule has 1 unspecified atom stereocenters. The lowest BCUT2D eigenvalue weighted by atomic mass is 10.00. The lowest BCUT2D eigenvalue weighted by Crippen LogP contribution is -2.09. The molecular formula is C18H14Cl2N4O. The molecule has 0 amide bonds. The average Bonchev–Trinajstić information content (AvgIpc) is 2.92. The first kappa shape index (κ1) is 16.3. The van der Waals surface area contributed by atoms with Gasteiger partial charge in [-0.05, 0) is 31.2 Å². The maximum absolute atomic E-state index is 9.89. The SMILES string of the molecule is Cc1nnc2n1-c1ccc(Cl)cc1C(c1ccccc1Cl)=NC2CO. The molecule has 0 spiro atoms. The zero-order valence-corrected chi connectivity index (χ0v) is 14.8. The molecule has 126 valence electrons. The number of benzene rings is 2. The summed E-state index contributed by atoms with van der Waals surface area (Å²) in [6, 6.07) is 12.5. The van der Waals surface area contributed by atoms with Gasteiger partial charge in [0.05, 0.1) is 18.0 Å². The number of aliphatic imine (C=N–C) groups is 1. The molecule has 2 aromatic carbocycles. The standard InChI is InChI=1S/C18H14Cl2N4O/c1-10-22-23-18-15(9-25)21-17(12-4-2-3-5-14(12)20)13-8-11(19)6-7-16(13)24(10)18/h2-8,15,25H,9H2,1H3. The van der Waals surface area contributed by atoms with Crippen molar-refractivity contribution in [2.75, 3.05) is 6.61 Å². The van der Waals surface area contributed by atoms with E-state index in [2.05, 4.69) is 10.2 Å². The zero-order chi connectivity index (χ0) is 17.6. The van der Waals surface area contributed by atoms with Crippen LogP contribution in [-0.4, -0.2) is 32.2 Å². The van der Waals surface area contributed by atoms with Crippen LogP contribution in [0.4, 0.5) is 0 Å². The lowest BCUT2D eigenvalue weighted by molar-refractivity contribution is 0.263. The number of hydrogen-bond donors (Lipinski definition) is 1. The van der Waals surface area contributed by atoms with E-state index in [9.17, 15) is 5.11 Å². The van der Waals surface area contributed by atoms with Crippen LogP contribution in [-0.2, 0) is 0 Å². The molecule has 0 bridgehead atoms. The maximum atomic E-state index is 9.89. The van der Waals surface area contributed by atoms with Crippen molar-refractivity contribution in [3.05, 3.63) is 75.3 Å². The molecule has 0 radical (unpaired) electrons. The van der Waals surface area contributed by atoms with Gasteiger partial charge in [0.1, 0.15) is 11.9 Å². The number of halogens is 2. The third-order valence-electron chi connectivity index (χ3n) is 4.19. The lowest BCUT2D eigenvalue weighted by Gasteiger charge is -2.13. The van der Waals surface area contributed by atoms with Gasteiger partial charge >= 0.3 is 0 Å². The fourth-order valence-electron chi connectivity index (χ4n) is 3.06. The van der Waals surface area contributed by atoms with Crippen molar-refractivity contribution in [1.82, 2.24) is 14.8 Å². The summed E-state index contributed by atoms with van der Waals surface area (Å²) in [6.07, 6.45) is 0. The first-order valence-corrected chi connectivity index (χ1v) is 8.51. The third-order valence-corrected chi connectivity index (χ3v) is 4.75. The Labute approximate surface area is 154 Å². The highest BCUT2D eigenvalue weighted by Crippen LogP contribution is 2.33. The molecule has 1 aliphatic heterocycles. The molecule has 0 fully saturated rings. The number of rotatable bonds is 2. The Bertz CT molecular complexity index is 996. The van der Waals surface area contributed by atoms with Gasteiger partial charge in [-0.25, -0.2) is 0 Å². The molecular weight excluding hydrogens is 359 g/mol. The van der Waals surface area contributed by atoms with Crippen LogP contribution in [0.25, 0.3) is 5.69 Å². The Morgan fingerprint density at radius 3 is 2.64 bits per heavy atom. The molecule has 25 heavy (non-hydrogen) atoms. The second-order valence-corrected chi connectivity index (χ2v) is 6.60. The Kier molecular flexibility index (Phi) is 4.07. The molecule has 1 aromatic heterocycles. The van der Waals surface area contributed by atoms with Crippen molar-refractivity contribution in [2.45, 2.75) is 13.0 Å². The van der Waals surface area contributed by atoms with Gasteiger partial charge in [-0.15, -0.1) is 10.2 Å². The highest BCUT2D eigenvalue weighted by Gasteiger charge is 2.28. The largest absolute Gasteiger partial charge is 0.394 e. The van der Waals surface area contributed by atoms with Gasteiger partial charge in [0.25, 0.3) is 0 Å². The van der Waals surface area contributed by atoms with Gasteiger partial charge in [0, 0.05) is 21.2 Å². The Morgan fingerprint density at radius 1 is 1.08 bits per heavy atom. The molecule has 4 rings (SSSR count). The van der Waals surface area contributed by atoms with E-state index in [1.807, 2.05) is 54.0 Å². The van der Waals surface area contributed by atoms with Crippen LogP contribution in [0, 0.1) is 6.92 Å². The minimum atomic E-state index is -0.543. The van der Waals surface area contributed by atoms with Crippen LogP contribution in [0.1, 0.15) is 28.8 Å². The van der Waals surface area contributed by atoms with Crippen LogP contribution in [0.5, 0.6) is 0 Å². The summed E-state index contributed by atoms with van der Waals surface area (Å²) in [4.78, 5) is 4.76. The molecule has 0 saturated carbocycles. The summed E-state index contributed by atoms with van der Waals surface area (Å²) in [6.45, 7) is 1.68. The van der Waals surface area contributed by atoms with E-state index in [1.54, 1.807) is 0 Å². The zero-order valence-electron chi connectivity index (χ0n) is 13.3. The normalized spacial score (nSPS) is 16.0. The van der Waals surface area contributed by atoms with Gasteiger partial charge in [-0.1, -0.05) is 41.4 Å². The van der Waals surface area contributed by atoms with E-state index in [4.69, 9.17) is 28.2 Å². The molecule has 5 nitrogen and oxygen atoms in total. The first-order valence-electron chi connectivity index (χ1n) is 7.76. The summed E-state index contributed by atoms with van der Waals surface area (Å²) in [5, 5.41) is 19.4. The summed E-state index contributed by atoms with van der Waals surface area (Å²) < 4.78 is 1.90. The quantitative estimate of drug-likeness (QED) is 0.744. The second kappa shape index (κ2) is 6.26. The van der Waals surface area contributed by atoms with E-state index < -0.39 is 6.04 Å². The summed E-state index contributed by atoms with van der Waals surface area (Å²) in [5.41, 5.74) is 3.13. The van der Waals surface area contributed by atoms with Crippen LogP contribution in [0.2, 0.25) is 10.0 Å². The molecule has 0 saturated heterocycles. The Balaban J connectivity index is 2.08. The number of hydrogen-bond acceptors (Lipinski definition) is 4. The van der Waals surface area contributed by atoms with Crippen molar-refractivity contribution in [3.63, 3.8) is 0 Å². The van der Waals surface area contributed by atoms with Crippen LogP contribution in [0.3, 0.4) is 0 Å². The highest BCUT2D eigenvalue weighted by molar-refractivity contribution is 6.36. The highest BCUT2D eigenvalue weighted by atomic mass is 35.5. The first-order chi connectivity index (χ1) is 12.1. The monoisotopic (exact) mass is 372 g/mol. The van der Waals surface area contributed by atoms with Crippen molar-refractivity contribution in [1.29, 1.82) is 0 Å². The number of aryl methyl sites for hydroxylation is 1. The molecule has 1 atom stereocenters.